The van der Waals surface area contributed by atoms with E-state index in [1.807, 2.05) is 29.3 Å². The number of likely N-dealkylation sites (tertiary alicyclic amines) is 1. The van der Waals surface area contributed by atoms with E-state index < -0.39 is 0 Å². The summed E-state index contributed by atoms with van der Waals surface area (Å²) in [5.41, 5.74) is 2.80. The zero-order valence-corrected chi connectivity index (χ0v) is 17.8. The number of hydrogen-bond acceptors (Lipinski definition) is 4. The van der Waals surface area contributed by atoms with Crippen molar-refractivity contribution in [2.24, 2.45) is 4.99 Å². The first-order valence-corrected chi connectivity index (χ1v) is 10.7. The van der Waals surface area contributed by atoms with Crippen molar-refractivity contribution in [2.75, 3.05) is 18.4 Å². The number of aryl methyl sites for hydroxylation is 1. The second-order valence-electron chi connectivity index (χ2n) is 8.76. The molecule has 6 heteroatoms. The Morgan fingerprint density at radius 2 is 2.04 bits per heavy atom. The highest BCUT2D eigenvalue weighted by Crippen LogP contribution is 2.32. The lowest BCUT2D eigenvalue weighted by molar-refractivity contribution is 0.0790. The van der Waals surface area contributed by atoms with Crippen LogP contribution in [-0.2, 0) is 6.54 Å². The minimum Gasteiger partial charge on any atom is -0.342 e. The molecule has 1 aromatic heterocycles. The van der Waals surface area contributed by atoms with Gasteiger partial charge in [-0.05, 0) is 62.8 Å². The van der Waals surface area contributed by atoms with E-state index in [4.69, 9.17) is 4.99 Å². The highest BCUT2D eigenvalue weighted by atomic mass is 32.1. The number of anilines is 1. The van der Waals surface area contributed by atoms with Crippen molar-refractivity contribution >= 4 is 28.8 Å². The summed E-state index contributed by atoms with van der Waals surface area (Å²) in [5.74, 6) is 1.06. The Bertz CT molecular complexity index is 927. The molecule has 2 aliphatic heterocycles. The van der Waals surface area contributed by atoms with Crippen molar-refractivity contribution in [3.8, 4) is 0 Å². The van der Waals surface area contributed by atoms with Crippen LogP contribution < -0.4 is 10.6 Å². The van der Waals surface area contributed by atoms with E-state index >= 15 is 0 Å². The van der Waals surface area contributed by atoms with Crippen LogP contribution in [-0.4, -0.2) is 40.8 Å². The molecule has 4 rings (SSSR count). The van der Waals surface area contributed by atoms with Crippen LogP contribution in [0, 0.1) is 6.92 Å². The number of benzene rings is 1. The van der Waals surface area contributed by atoms with E-state index in [9.17, 15) is 4.79 Å². The summed E-state index contributed by atoms with van der Waals surface area (Å²) in [6.07, 6.45) is 0.846. The van der Waals surface area contributed by atoms with Crippen LogP contribution in [0.5, 0.6) is 0 Å². The van der Waals surface area contributed by atoms with E-state index in [0.29, 0.717) is 6.54 Å². The fourth-order valence-corrected chi connectivity index (χ4v) is 4.81. The van der Waals surface area contributed by atoms with Crippen LogP contribution in [0.4, 0.5) is 5.69 Å². The van der Waals surface area contributed by atoms with Crippen molar-refractivity contribution in [3.63, 3.8) is 0 Å². The van der Waals surface area contributed by atoms with Gasteiger partial charge in [-0.1, -0.05) is 18.2 Å². The van der Waals surface area contributed by atoms with Crippen LogP contribution in [0.3, 0.4) is 0 Å². The van der Waals surface area contributed by atoms with Gasteiger partial charge in [0.25, 0.3) is 5.91 Å². The number of amides is 1. The molecule has 3 heterocycles. The third-order valence-electron chi connectivity index (χ3n) is 5.40. The normalized spacial score (nSPS) is 23.6. The predicted molar refractivity (Wildman–Crippen MR) is 116 cm³/mol. The van der Waals surface area contributed by atoms with Crippen molar-refractivity contribution in [2.45, 2.75) is 51.7 Å². The van der Waals surface area contributed by atoms with Gasteiger partial charge in [-0.3, -0.25) is 15.1 Å². The van der Waals surface area contributed by atoms with E-state index in [1.165, 1.54) is 16.9 Å². The van der Waals surface area contributed by atoms with Gasteiger partial charge < -0.3 is 10.2 Å². The van der Waals surface area contributed by atoms with Crippen molar-refractivity contribution < 1.29 is 4.79 Å². The molecule has 0 saturated carbocycles. The number of carbonyl (C=O) groups excluding carboxylic acids is 1. The zero-order valence-electron chi connectivity index (χ0n) is 17.0. The second-order valence-corrected chi connectivity index (χ2v) is 9.67. The maximum absolute atomic E-state index is 13.1. The van der Waals surface area contributed by atoms with Gasteiger partial charge in [0, 0.05) is 25.3 Å². The van der Waals surface area contributed by atoms with Gasteiger partial charge in [0.1, 0.15) is 5.84 Å². The predicted octanol–water partition coefficient (Wildman–Crippen LogP) is 4.05. The lowest BCUT2D eigenvalue weighted by atomic mass is 9.95. The molecule has 5 nitrogen and oxygen atoms in total. The maximum Gasteiger partial charge on any atom is 0.264 e. The number of fused-ring (bicyclic) bond motifs is 1. The molecule has 0 radical (unpaired) electrons. The first-order chi connectivity index (χ1) is 13.3. The smallest absolute Gasteiger partial charge is 0.264 e. The topological polar surface area (TPSA) is 56.7 Å². The molecular formula is C22H28N4OS. The van der Waals surface area contributed by atoms with E-state index in [1.54, 1.807) is 0 Å². The average molecular weight is 397 g/mol. The number of thiophene rings is 1. The maximum atomic E-state index is 13.1. The minimum absolute atomic E-state index is 0.128. The first kappa shape index (κ1) is 19.2. The van der Waals surface area contributed by atoms with E-state index in [-0.39, 0.29) is 17.0 Å². The van der Waals surface area contributed by atoms with E-state index in [0.717, 1.165) is 41.5 Å². The molecule has 1 amide bonds. The summed E-state index contributed by atoms with van der Waals surface area (Å²) in [7, 11) is 0. The van der Waals surface area contributed by atoms with Crippen molar-refractivity contribution in [3.05, 3.63) is 51.7 Å². The summed E-state index contributed by atoms with van der Waals surface area (Å²) >= 11 is 1.53. The SMILES string of the molecule is Cc1ccsc1C(=O)N1CC[C@@]2(C1)NCc1ccccc1NC2=NC(C)(C)C. The number of hydrogen-bond donors (Lipinski definition) is 2. The fraction of sp³-hybridized carbons (Fsp3) is 0.455. The molecule has 2 aromatic rings. The van der Waals surface area contributed by atoms with Crippen molar-refractivity contribution in [1.29, 1.82) is 0 Å². The van der Waals surface area contributed by atoms with Crippen LogP contribution in [0.2, 0.25) is 0 Å². The second kappa shape index (κ2) is 7.01. The summed E-state index contributed by atoms with van der Waals surface area (Å²) in [5, 5.41) is 9.34. The minimum atomic E-state index is -0.354. The van der Waals surface area contributed by atoms with Gasteiger partial charge in [0.2, 0.25) is 0 Å². The molecule has 0 unspecified atom stereocenters. The van der Waals surface area contributed by atoms with Crippen LogP contribution in [0.1, 0.15) is 48.0 Å². The summed E-state index contributed by atoms with van der Waals surface area (Å²) in [6, 6.07) is 10.3. The molecule has 2 aliphatic rings. The number of aliphatic imine (C=N–C) groups is 1. The third-order valence-corrected chi connectivity index (χ3v) is 6.41. The zero-order chi connectivity index (χ0) is 19.9. The molecule has 2 N–H and O–H groups in total. The molecule has 1 aromatic carbocycles. The number of nitrogens with zero attached hydrogens (tertiary/aromatic N) is 2. The Hall–Kier alpha value is -2.18. The molecule has 28 heavy (non-hydrogen) atoms. The Kier molecular flexibility index (Phi) is 4.79. The Morgan fingerprint density at radius 3 is 2.75 bits per heavy atom. The van der Waals surface area contributed by atoms with Gasteiger partial charge in [0.05, 0.1) is 16.0 Å². The summed E-state index contributed by atoms with van der Waals surface area (Å²) in [6.45, 7) is 10.4. The summed E-state index contributed by atoms with van der Waals surface area (Å²) in [4.78, 5) is 21.0. The highest BCUT2D eigenvalue weighted by Gasteiger charge is 2.46. The largest absolute Gasteiger partial charge is 0.342 e. The lowest BCUT2D eigenvalue weighted by Crippen LogP contribution is -2.56. The number of nitrogens with one attached hydrogen (secondary N) is 2. The van der Waals surface area contributed by atoms with Gasteiger partial charge in [-0.2, -0.15) is 0 Å². The van der Waals surface area contributed by atoms with Gasteiger partial charge in [0.15, 0.2) is 0 Å². The summed E-state index contributed by atoms with van der Waals surface area (Å²) < 4.78 is 0. The Balaban J connectivity index is 1.68. The monoisotopic (exact) mass is 396 g/mol. The third kappa shape index (κ3) is 3.59. The number of amidine groups is 1. The Morgan fingerprint density at radius 1 is 1.25 bits per heavy atom. The molecule has 1 atom stereocenters. The van der Waals surface area contributed by atoms with Crippen LogP contribution in [0.15, 0.2) is 40.7 Å². The van der Waals surface area contributed by atoms with Gasteiger partial charge in [-0.25, -0.2) is 0 Å². The molecule has 0 aliphatic carbocycles. The fourth-order valence-electron chi connectivity index (χ4n) is 3.92. The van der Waals surface area contributed by atoms with Crippen LogP contribution in [0.25, 0.3) is 0 Å². The molecule has 1 saturated heterocycles. The number of rotatable bonds is 1. The van der Waals surface area contributed by atoms with Gasteiger partial charge in [-0.15, -0.1) is 11.3 Å². The number of para-hydroxylation sites is 1. The average Bonchev–Trinajstić information content (AvgIpc) is 3.22. The molecule has 148 valence electrons. The first-order valence-electron chi connectivity index (χ1n) is 9.81. The molecule has 0 bridgehead atoms. The highest BCUT2D eigenvalue weighted by molar-refractivity contribution is 7.12. The quantitative estimate of drug-likeness (QED) is 0.764. The Labute approximate surface area is 170 Å². The molecule has 1 spiro atoms. The number of carbonyl (C=O) groups is 1. The lowest BCUT2D eigenvalue weighted by Gasteiger charge is -2.32. The molecule has 1 fully saturated rings. The molecular weight excluding hydrogens is 368 g/mol. The van der Waals surface area contributed by atoms with E-state index in [2.05, 4.69) is 49.6 Å². The van der Waals surface area contributed by atoms with Gasteiger partial charge >= 0.3 is 0 Å². The standard InChI is InChI=1S/C22H28N4OS/c1-15-9-12-28-18(15)19(27)26-11-10-22(14-26)20(25-21(2,3)4)24-17-8-6-5-7-16(17)13-23-22/h5-9,12,23H,10-11,13-14H2,1-4H3,(H,24,25)/t22-/m0/s1. The van der Waals surface area contributed by atoms with Crippen molar-refractivity contribution in [1.82, 2.24) is 10.2 Å². The van der Waals surface area contributed by atoms with Crippen LogP contribution >= 0.6 is 11.3 Å².